The second kappa shape index (κ2) is 6.37. The van der Waals surface area contributed by atoms with E-state index < -0.39 is 23.2 Å². The number of halogens is 1. The maximum absolute atomic E-state index is 13.8. The molecule has 0 spiro atoms. The third kappa shape index (κ3) is 4.54. The lowest BCUT2D eigenvalue weighted by molar-refractivity contribution is -0.144. The van der Waals surface area contributed by atoms with Crippen LogP contribution in [-0.2, 0) is 19.1 Å². The highest BCUT2D eigenvalue weighted by molar-refractivity contribution is 5.99. The van der Waals surface area contributed by atoms with Crippen LogP contribution < -0.4 is 0 Å². The fourth-order valence-electron chi connectivity index (χ4n) is 1.22. The van der Waals surface area contributed by atoms with Crippen molar-refractivity contribution < 1.29 is 23.5 Å². The fourth-order valence-corrected chi connectivity index (χ4v) is 1.22. The summed E-state index contributed by atoms with van der Waals surface area (Å²) in [5.74, 6) is -3.14. The van der Waals surface area contributed by atoms with Crippen molar-refractivity contribution in [3.8, 4) is 0 Å². The molecular weight excluding hydrogens is 227 g/mol. The smallest absolute Gasteiger partial charge is 0.367 e. The predicted molar refractivity (Wildman–Crippen MR) is 60.9 cm³/mol. The summed E-state index contributed by atoms with van der Waals surface area (Å²) in [7, 11) is 0. The normalized spacial score (nSPS) is 12.8. The zero-order valence-corrected chi connectivity index (χ0v) is 10.9. The molecule has 0 aliphatic heterocycles. The van der Waals surface area contributed by atoms with E-state index in [0.717, 1.165) is 0 Å². The van der Waals surface area contributed by atoms with E-state index in [4.69, 9.17) is 4.74 Å². The van der Waals surface area contributed by atoms with Crippen molar-refractivity contribution in [1.29, 1.82) is 0 Å². The summed E-state index contributed by atoms with van der Waals surface area (Å²) in [6.07, 6.45) is 0. The molecule has 0 heterocycles. The quantitative estimate of drug-likeness (QED) is 0.564. The van der Waals surface area contributed by atoms with Gasteiger partial charge >= 0.3 is 11.9 Å². The van der Waals surface area contributed by atoms with Gasteiger partial charge in [-0.2, -0.15) is 4.39 Å². The van der Waals surface area contributed by atoms with Gasteiger partial charge in [0.1, 0.15) is 0 Å². The molecule has 0 atom stereocenters. The highest BCUT2D eigenvalue weighted by Gasteiger charge is 2.33. The molecule has 0 aromatic heterocycles. The van der Waals surface area contributed by atoms with Gasteiger partial charge in [-0.25, -0.2) is 9.59 Å². The summed E-state index contributed by atoms with van der Waals surface area (Å²) in [6, 6.07) is 0. The number of ether oxygens (including phenoxy) is 2. The Balaban J connectivity index is 5.37. The van der Waals surface area contributed by atoms with Gasteiger partial charge in [-0.3, -0.25) is 0 Å². The highest BCUT2D eigenvalue weighted by Crippen LogP contribution is 2.30. The first-order chi connectivity index (χ1) is 7.75. The van der Waals surface area contributed by atoms with E-state index in [9.17, 15) is 14.0 Å². The van der Waals surface area contributed by atoms with Gasteiger partial charge in [-0.1, -0.05) is 20.8 Å². The Labute approximate surface area is 101 Å². The Hall–Kier alpha value is -1.39. The molecule has 0 aliphatic carbocycles. The van der Waals surface area contributed by atoms with Crippen LogP contribution in [0.15, 0.2) is 11.4 Å². The summed E-state index contributed by atoms with van der Waals surface area (Å²) in [4.78, 5) is 22.9. The van der Waals surface area contributed by atoms with Crippen LogP contribution >= 0.6 is 0 Å². The molecule has 17 heavy (non-hydrogen) atoms. The first-order valence-corrected chi connectivity index (χ1v) is 5.50. The molecule has 0 aromatic carbocycles. The van der Waals surface area contributed by atoms with E-state index in [-0.39, 0.29) is 18.8 Å². The van der Waals surface area contributed by atoms with Crippen LogP contribution in [0.4, 0.5) is 4.39 Å². The molecule has 0 saturated carbocycles. The van der Waals surface area contributed by atoms with E-state index >= 15 is 0 Å². The van der Waals surface area contributed by atoms with E-state index in [0.29, 0.717) is 0 Å². The number of carbonyl (C=O) groups is 2. The molecule has 5 heteroatoms. The van der Waals surface area contributed by atoms with Crippen molar-refractivity contribution in [1.82, 2.24) is 0 Å². The minimum absolute atomic E-state index is 0.0481. The van der Waals surface area contributed by atoms with Gasteiger partial charge in [0, 0.05) is 0 Å². The second-order valence-electron chi connectivity index (χ2n) is 4.38. The van der Waals surface area contributed by atoms with E-state index in [1.165, 1.54) is 0 Å². The molecular formula is C12H19FO4. The fraction of sp³-hybridized carbons (Fsp3) is 0.667. The van der Waals surface area contributed by atoms with E-state index in [1.807, 2.05) is 0 Å². The highest BCUT2D eigenvalue weighted by atomic mass is 19.1. The molecule has 0 saturated heterocycles. The molecule has 4 nitrogen and oxygen atoms in total. The average Bonchev–Trinajstić information content (AvgIpc) is 2.16. The SMILES string of the molecule is CCOC(=O)/C(F)=C(\C(=O)OCC)C(C)(C)C. The van der Waals surface area contributed by atoms with Crippen molar-refractivity contribution >= 4 is 11.9 Å². The molecule has 0 aromatic rings. The summed E-state index contributed by atoms with van der Waals surface area (Å²) in [5.41, 5.74) is -1.12. The molecule has 0 aliphatic rings. The lowest BCUT2D eigenvalue weighted by atomic mass is 9.85. The zero-order chi connectivity index (χ0) is 13.6. The molecule has 0 fully saturated rings. The molecule has 0 amide bonds. The van der Waals surface area contributed by atoms with Crippen molar-refractivity contribution in [3.63, 3.8) is 0 Å². The van der Waals surface area contributed by atoms with Crippen molar-refractivity contribution in [2.45, 2.75) is 34.6 Å². The monoisotopic (exact) mass is 246 g/mol. The van der Waals surface area contributed by atoms with Crippen molar-refractivity contribution in [2.24, 2.45) is 5.41 Å². The van der Waals surface area contributed by atoms with Gasteiger partial charge in [0.2, 0.25) is 5.83 Å². The molecule has 0 bridgehead atoms. The molecule has 0 radical (unpaired) electrons. The van der Waals surface area contributed by atoms with Gasteiger partial charge < -0.3 is 9.47 Å². The van der Waals surface area contributed by atoms with Crippen molar-refractivity contribution in [3.05, 3.63) is 11.4 Å². The third-order valence-corrected chi connectivity index (χ3v) is 1.90. The topological polar surface area (TPSA) is 52.6 Å². The summed E-state index contributed by atoms with van der Waals surface area (Å²) < 4.78 is 23.1. The molecule has 0 rings (SSSR count). The zero-order valence-electron chi connectivity index (χ0n) is 10.9. The number of esters is 2. The van der Waals surface area contributed by atoms with Crippen molar-refractivity contribution in [2.75, 3.05) is 13.2 Å². The maximum Gasteiger partial charge on any atom is 0.367 e. The lowest BCUT2D eigenvalue weighted by Gasteiger charge is -2.21. The first-order valence-electron chi connectivity index (χ1n) is 5.50. The van der Waals surface area contributed by atoms with Crippen LogP contribution in [0.2, 0.25) is 0 Å². The van der Waals surface area contributed by atoms with Gasteiger partial charge in [0.05, 0.1) is 18.8 Å². The van der Waals surface area contributed by atoms with E-state index in [1.54, 1.807) is 34.6 Å². The Morgan fingerprint density at radius 3 is 1.76 bits per heavy atom. The van der Waals surface area contributed by atoms with Gasteiger partial charge in [0.25, 0.3) is 0 Å². The van der Waals surface area contributed by atoms with Crippen LogP contribution in [0.1, 0.15) is 34.6 Å². The van der Waals surface area contributed by atoms with Crippen LogP contribution in [0.5, 0.6) is 0 Å². The largest absolute Gasteiger partial charge is 0.463 e. The Bertz CT molecular complexity index is 326. The predicted octanol–water partition coefficient (Wildman–Crippen LogP) is 2.38. The lowest BCUT2D eigenvalue weighted by Crippen LogP contribution is -2.24. The number of hydrogen-bond donors (Lipinski definition) is 0. The standard InChI is InChI=1S/C12H19FO4/c1-6-16-10(14)8(12(3,4)5)9(13)11(15)17-7-2/h6-7H2,1-5H3/b9-8-. The summed E-state index contributed by atoms with van der Waals surface area (Å²) in [5, 5.41) is 0. The first kappa shape index (κ1) is 15.6. The Morgan fingerprint density at radius 2 is 1.41 bits per heavy atom. The molecule has 0 unspecified atom stereocenters. The summed E-state index contributed by atoms with van der Waals surface area (Å²) in [6.45, 7) is 8.21. The second-order valence-corrected chi connectivity index (χ2v) is 4.38. The minimum Gasteiger partial charge on any atom is -0.463 e. The van der Waals surface area contributed by atoms with Crippen LogP contribution in [0.25, 0.3) is 0 Å². The van der Waals surface area contributed by atoms with Crippen LogP contribution in [0.3, 0.4) is 0 Å². The summed E-state index contributed by atoms with van der Waals surface area (Å²) >= 11 is 0. The van der Waals surface area contributed by atoms with E-state index in [2.05, 4.69) is 4.74 Å². The number of rotatable bonds is 4. The average molecular weight is 246 g/mol. The number of carbonyl (C=O) groups excluding carboxylic acids is 2. The third-order valence-electron chi connectivity index (χ3n) is 1.90. The minimum atomic E-state index is -1.18. The number of hydrogen-bond acceptors (Lipinski definition) is 4. The molecule has 0 N–H and O–H groups in total. The molecule has 98 valence electrons. The van der Waals surface area contributed by atoms with Crippen LogP contribution in [-0.4, -0.2) is 25.2 Å². The Morgan fingerprint density at radius 1 is 1.00 bits per heavy atom. The Kier molecular flexibility index (Phi) is 5.85. The van der Waals surface area contributed by atoms with Gasteiger partial charge in [0.15, 0.2) is 0 Å². The van der Waals surface area contributed by atoms with Crippen LogP contribution in [0, 0.1) is 5.41 Å². The maximum atomic E-state index is 13.8. The van der Waals surface area contributed by atoms with Gasteiger partial charge in [-0.15, -0.1) is 0 Å². The van der Waals surface area contributed by atoms with Gasteiger partial charge in [-0.05, 0) is 19.3 Å².